The highest BCUT2D eigenvalue weighted by Crippen LogP contribution is 2.28. The summed E-state index contributed by atoms with van der Waals surface area (Å²) in [5.41, 5.74) is 1.73. The quantitative estimate of drug-likeness (QED) is 0.752. The Bertz CT molecular complexity index is 914. The van der Waals surface area contributed by atoms with Gasteiger partial charge in [-0.05, 0) is 55.3 Å². The van der Waals surface area contributed by atoms with E-state index in [1.807, 2.05) is 6.92 Å². The SMILES string of the molecule is CC[C@@H](C(=O)Nc1ccc(OC)cc1)N(c1ccc(C)c(Cl)c1)S(C)(=O)=O. The zero-order valence-electron chi connectivity index (χ0n) is 15.7. The fraction of sp³-hybridized carbons (Fsp3) is 0.316. The molecule has 8 heteroatoms. The number of carbonyl (C=O) groups excluding carboxylic acids is 1. The predicted octanol–water partition coefficient (Wildman–Crippen LogP) is 3.84. The first kappa shape index (κ1) is 21.1. The maximum atomic E-state index is 12.8. The van der Waals surface area contributed by atoms with E-state index in [0.717, 1.165) is 16.1 Å². The molecule has 0 spiro atoms. The minimum Gasteiger partial charge on any atom is -0.497 e. The topological polar surface area (TPSA) is 75.7 Å². The first-order chi connectivity index (χ1) is 12.7. The summed E-state index contributed by atoms with van der Waals surface area (Å²) in [6.07, 6.45) is 1.37. The van der Waals surface area contributed by atoms with E-state index in [9.17, 15) is 13.2 Å². The van der Waals surface area contributed by atoms with Crippen LogP contribution in [-0.2, 0) is 14.8 Å². The summed E-state index contributed by atoms with van der Waals surface area (Å²) in [5, 5.41) is 3.20. The maximum Gasteiger partial charge on any atom is 0.248 e. The minimum absolute atomic E-state index is 0.292. The Morgan fingerprint density at radius 2 is 1.85 bits per heavy atom. The molecule has 0 heterocycles. The monoisotopic (exact) mass is 410 g/mol. The summed E-state index contributed by atoms with van der Waals surface area (Å²) < 4.78 is 31.1. The smallest absolute Gasteiger partial charge is 0.248 e. The highest BCUT2D eigenvalue weighted by atomic mass is 35.5. The molecule has 146 valence electrons. The number of hydrogen-bond donors (Lipinski definition) is 1. The fourth-order valence-electron chi connectivity index (χ4n) is 2.68. The van der Waals surface area contributed by atoms with Gasteiger partial charge in [0.2, 0.25) is 15.9 Å². The molecule has 6 nitrogen and oxygen atoms in total. The van der Waals surface area contributed by atoms with Gasteiger partial charge in [-0.25, -0.2) is 8.42 Å². The molecule has 0 fully saturated rings. The number of nitrogens with one attached hydrogen (secondary N) is 1. The summed E-state index contributed by atoms with van der Waals surface area (Å²) in [5.74, 6) is 0.233. The molecule has 1 N–H and O–H groups in total. The second kappa shape index (κ2) is 8.63. The molecule has 2 aromatic rings. The predicted molar refractivity (Wildman–Crippen MR) is 109 cm³/mol. The Morgan fingerprint density at radius 1 is 1.22 bits per heavy atom. The van der Waals surface area contributed by atoms with Crippen molar-refractivity contribution in [2.45, 2.75) is 26.3 Å². The lowest BCUT2D eigenvalue weighted by atomic mass is 10.1. The number of aryl methyl sites for hydroxylation is 1. The average molecular weight is 411 g/mol. The number of halogens is 1. The number of nitrogens with zero attached hydrogens (tertiary/aromatic N) is 1. The first-order valence-corrected chi connectivity index (χ1v) is 10.6. The lowest BCUT2D eigenvalue weighted by Crippen LogP contribution is -2.47. The highest BCUT2D eigenvalue weighted by molar-refractivity contribution is 7.92. The van der Waals surface area contributed by atoms with Gasteiger partial charge in [0, 0.05) is 10.7 Å². The summed E-state index contributed by atoms with van der Waals surface area (Å²) in [6.45, 7) is 3.58. The minimum atomic E-state index is -3.71. The largest absolute Gasteiger partial charge is 0.497 e. The molecule has 0 aliphatic carbocycles. The van der Waals surface area contributed by atoms with Crippen molar-refractivity contribution in [2.75, 3.05) is 23.0 Å². The van der Waals surface area contributed by atoms with Crippen LogP contribution in [0.2, 0.25) is 5.02 Å². The van der Waals surface area contributed by atoms with Crippen molar-refractivity contribution in [3.8, 4) is 5.75 Å². The summed E-state index contributed by atoms with van der Waals surface area (Å²) in [4.78, 5) is 12.8. The number of carbonyl (C=O) groups is 1. The van der Waals surface area contributed by atoms with E-state index >= 15 is 0 Å². The van der Waals surface area contributed by atoms with Gasteiger partial charge in [0.15, 0.2) is 0 Å². The Labute approximate surface area is 165 Å². The van der Waals surface area contributed by atoms with Gasteiger partial charge in [-0.2, -0.15) is 0 Å². The Balaban J connectivity index is 2.36. The van der Waals surface area contributed by atoms with Crippen LogP contribution in [0.3, 0.4) is 0 Å². The number of methoxy groups -OCH3 is 1. The van der Waals surface area contributed by atoms with Crippen LogP contribution in [-0.4, -0.2) is 33.7 Å². The Hall–Kier alpha value is -2.25. The molecule has 27 heavy (non-hydrogen) atoms. The van der Waals surface area contributed by atoms with Gasteiger partial charge in [0.25, 0.3) is 0 Å². The van der Waals surface area contributed by atoms with Crippen molar-refractivity contribution in [3.05, 3.63) is 53.1 Å². The van der Waals surface area contributed by atoms with Crippen LogP contribution >= 0.6 is 11.6 Å². The summed E-state index contributed by atoms with van der Waals surface area (Å²) in [6, 6.07) is 10.8. The number of amides is 1. The van der Waals surface area contributed by atoms with E-state index in [1.54, 1.807) is 56.5 Å². The third kappa shape index (κ3) is 5.14. The second-order valence-electron chi connectivity index (χ2n) is 6.13. The molecule has 2 rings (SSSR count). The molecular weight excluding hydrogens is 388 g/mol. The number of anilines is 2. The van der Waals surface area contributed by atoms with E-state index in [2.05, 4.69) is 5.32 Å². The molecule has 0 bridgehead atoms. The van der Waals surface area contributed by atoms with E-state index in [4.69, 9.17) is 16.3 Å². The van der Waals surface area contributed by atoms with Crippen LogP contribution in [0.5, 0.6) is 5.75 Å². The van der Waals surface area contributed by atoms with Gasteiger partial charge in [0.05, 0.1) is 19.1 Å². The number of ether oxygens (including phenoxy) is 1. The van der Waals surface area contributed by atoms with Crippen molar-refractivity contribution in [2.24, 2.45) is 0 Å². The fourth-order valence-corrected chi connectivity index (χ4v) is 4.06. The molecule has 0 saturated carbocycles. The number of sulfonamides is 1. The molecule has 1 atom stereocenters. The molecule has 1 amide bonds. The van der Waals surface area contributed by atoms with Crippen molar-refractivity contribution in [1.29, 1.82) is 0 Å². The van der Waals surface area contributed by atoms with E-state index < -0.39 is 22.0 Å². The van der Waals surface area contributed by atoms with Crippen LogP contribution in [0.15, 0.2) is 42.5 Å². The van der Waals surface area contributed by atoms with Gasteiger partial charge < -0.3 is 10.1 Å². The van der Waals surface area contributed by atoms with Gasteiger partial charge in [-0.15, -0.1) is 0 Å². The van der Waals surface area contributed by atoms with Gasteiger partial charge >= 0.3 is 0 Å². The number of hydrogen-bond acceptors (Lipinski definition) is 4. The van der Waals surface area contributed by atoms with Gasteiger partial charge in [-0.3, -0.25) is 9.10 Å². The third-order valence-electron chi connectivity index (χ3n) is 4.10. The summed E-state index contributed by atoms with van der Waals surface area (Å²) >= 11 is 6.16. The number of rotatable bonds is 7. The molecule has 2 aromatic carbocycles. The lowest BCUT2D eigenvalue weighted by Gasteiger charge is -2.30. The van der Waals surface area contributed by atoms with Crippen molar-refractivity contribution in [3.63, 3.8) is 0 Å². The zero-order chi connectivity index (χ0) is 20.2. The number of benzene rings is 2. The van der Waals surface area contributed by atoms with E-state index in [-0.39, 0.29) is 0 Å². The van der Waals surface area contributed by atoms with E-state index in [1.165, 1.54) is 0 Å². The van der Waals surface area contributed by atoms with Crippen molar-refractivity contribution < 1.29 is 17.9 Å². The van der Waals surface area contributed by atoms with Gasteiger partial charge in [0.1, 0.15) is 11.8 Å². The third-order valence-corrected chi connectivity index (χ3v) is 5.68. The van der Waals surface area contributed by atoms with Crippen LogP contribution in [0.4, 0.5) is 11.4 Å². The average Bonchev–Trinajstić information content (AvgIpc) is 2.61. The standard InChI is InChI=1S/C19H23ClN2O4S/c1-5-18(19(23)21-14-7-10-16(26-3)11-8-14)22(27(4,24)25)15-9-6-13(2)17(20)12-15/h6-12,18H,5H2,1-4H3,(H,21,23)/t18-/m0/s1. The van der Waals surface area contributed by atoms with Crippen LogP contribution in [0.1, 0.15) is 18.9 Å². The van der Waals surface area contributed by atoms with Crippen LogP contribution < -0.4 is 14.4 Å². The van der Waals surface area contributed by atoms with Crippen molar-refractivity contribution in [1.82, 2.24) is 0 Å². The molecule has 0 unspecified atom stereocenters. The molecule has 0 aliphatic rings. The maximum absolute atomic E-state index is 12.8. The molecule has 0 aromatic heterocycles. The molecular formula is C19H23ClN2O4S. The Kier molecular flexibility index (Phi) is 6.73. The van der Waals surface area contributed by atoms with Gasteiger partial charge in [-0.1, -0.05) is 24.6 Å². The second-order valence-corrected chi connectivity index (χ2v) is 8.40. The van der Waals surface area contributed by atoms with Crippen LogP contribution in [0, 0.1) is 6.92 Å². The highest BCUT2D eigenvalue weighted by Gasteiger charge is 2.31. The van der Waals surface area contributed by atoms with Crippen molar-refractivity contribution >= 4 is 38.9 Å². The molecule has 0 radical (unpaired) electrons. The van der Waals surface area contributed by atoms with E-state index in [0.29, 0.717) is 28.6 Å². The first-order valence-electron chi connectivity index (χ1n) is 8.37. The molecule has 0 aliphatic heterocycles. The summed E-state index contributed by atoms with van der Waals surface area (Å²) in [7, 11) is -2.16. The molecule has 0 saturated heterocycles. The Morgan fingerprint density at radius 3 is 2.33 bits per heavy atom. The normalized spacial score (nSPS) is 12.3. The zero-order valence-corrected chi connectivity index (χ0v) is 17.3. The lowest BCUT2D eigenvalue weighted by molar-refractivity contribution is -0.117. The van der Waals surface area contributed by atoms with Crippen LogP contribution in [0.25, 0.3) is 0 Å².